The first-order chi connectivity index (χ1) is 9.24. The standard InChI is InChI=1S/C16H20N2O/c1-11-6-8-12(9-7-11)13-4-2-3-5-14(13)15-10-16(17)18-19-15/h2-5,10-12H,6-9H2,1H3,(H2,17,18). The molecule has 1 aromatic heterocycles. The van der Waals surface area contributed by atoms with Crippen LogP contribution in [0.3, 0.4) is 0 Å². The van der Waals surface area contributed by atoms with Gasteiger partial charge >= 0.3 is 0 Å². The number of aromatic nitrogens is 1. The van der Waals surface area contributed by atoms with Gasteiger partial charge in [-0.15, -0.1) is 0 Å². The maximum atomic E-state index is 5.66. The van der Waals surface area contributed by atoms with E-state index in [-0.39, 0.29) is 0 Å². The number of rotatable bonds is 2. The van der Waals surface area contributed by atoms with E-state index >= 15 is 0 Å². The van der Waals surface area contributed by atoms with Gasteiger partial charge in [-0.3, -0.25) is 0 Å². The van der Waals surface area contributed by atoms with Gasteiger partial charge in [0.1, 0.15) is 0 Å². The van der Waals surface area contributed by atoms with Crippen molar-refractivity contribution >= 4 is 5.82 Å². The van der Waals surface area contributed by atoms with Crippen molar-refractivity contribution in [3.63, 3.8) is 0 Å². The molecule has 1 aliphatic carbocycles. The van der Waals surface area contributed by atoms with E-state index < -0.39 is 0 Å². The molecule has 1 heterocycles. The highest BCUT2D eigenvalue weighted by molar-refractivity contribution is 5.65. The van der Waals surface area contributed by atoms with Crippen molar-refractivity contribution in [2.75, 3.05) is 5.73 Å². The molecule has 2 aromatic rings. The Bertz CT molecular complexity index is 553. The first-order valence-electron chi connectivity index (χ1n) is 7.05. The maximum absolute atomic E-state index is 5.66. The van der Waals surface area contributed by atoms with Gasteiger partial charge in [0.25, 0.3) is 0 Å². The molecule has 3 nitrogen and oxygen atoms in total. The van der Waals surface area contributed by atoms with E-state index in [1.165, 1.54) is 31.2 Å². The summed E-state index contributed by atoms with van der Waals surface area (Å²) >= 11 is 0. The fourth-order valence-electron chi connectivity index (χ4n) is 3.06. The molecule has 1 fully saturated rings. The predicted octanol–water partition coefficient (Wildman–Crippen LogP) is 4.22. The summed E-state index contributed by atoms with van der Waals surface area (Å²) in [5.74, 6) is 2.73. The van der Waals surface area contributed by atoms with Gasteiger partial charge in [0.2, 0.25) is 0 Å². The third-order valence-corrected chi connectivity index (χ3v) is 4.21. The molecule has 0 aliphatic heterocycles. The van der Waals surface area contributed by atoms with Gasteiger partial charge in [0.15, 0.2) is 11.6 Å². The van der Waals surface area contributed by atoms with Gasteiger partial charge in [-0.05, 0) is 30.2 Å². The molecule has 0 bridgehead atoms. The maximum Gasteiger partial charge on any atom is 0.169 e. The van der Waals surface area contributed by atoms with Gasteiger partial charge in [-0.2, -0.15) is 0 Å². The summed E-state index contributed by atoms with van der Waals surface area (Å²) in [5.41, 5.74) is 8.18. The van der Waals surface area contributed by atoms with Crippen molar-refractivity contribution in [2.24, 2.45) is 5.92 Å². The minimum Gasteiger partial charge on any atom is -0.381 e. The SMILES string of the molecule is CC1CCC(c2ccccc2-c2cc(N)no2)CC1. The van der Waals surface area contributed by atoms with Crippen LogP contribution in [0.15, 0.2) is 34.9 Å². The first-order valence-corrected chi connectivity index (χ1v) is 7.05. The van der Waals surface area contributed by atoms with Crippen LogP contribution in [0, 0.1) is 5.92 Å². The van der Waals surface area contributed by atoms with Gasteiger partial charge in [0, 0.05) is 11.6 Å². The molecule has 0 unspecified atom stereocenters. The van der Waals surface area contributed by atoms with Crippen molar-refractivity contribution in [3.05, 3.63) is 35.9 Å². The summed E-state index contributed by atoms with van der Waals surface area (Å²) in [4.78, 5) is 0. The Morgan fingerprint density at radius 1 is 1.16 bits per heavy atom. The lowest BCUT2D eigenvalue weighted by Gasteiger charge is -2.27. The Labute approximate surface area is 113 Å². The van der Waals surface area contributed by atoms with E-state index in [2.05, 4.69) is 30.3 Å². The third kappa shape index (κ3) is 2.50. The number of nitrogen functional groups attached to an aromatic ring is 1. The second-order valence-electron chi connectivity index (χ2n) is 5.66. The van der Waals surface area contributed by atoms with Crippen LogP contribution in [-0.2, 0) is 0 Å². The molecule has 1 aromatic carbocycles. The van der Waals surface area contributed by atoms with E-state index in [0.29, 0.717) is 11.7 Å². The molecule has 1 saturated carbocycles. The predicted molar refractivity (Wildman–Crippen MR) is 76.7 cm³/mol. The quantitative estimate of drug-likeness (QED) is 0.875. The monoisotopic (exact) mass is 256 g/mol. The lowest BCUT2D eigenvalue weighted by atomic mass is 9.78. The Balaban J connectivity index is 1.93. The van der Waals surface area contributed by atoms with Gasteiger partial charge in [-0.25, -0.2) is 0 Å². The summed E-state index contributed by atoms with van der Waals surface area (Å²) < 4.78 is 5.33. The number of anilines is 1. The van der Waals surface area contributed by atoms with Crippen molar-refractivity contribution in [1.82, 2.24) is 5.16 Å². The second-order valence-corrected chi connectivity index (χ2v) is 5.66. The lowest BCUT2D eigenvalue weighted by Crippen LogP contribution is -2.11. The van der Waals surface area contributed by atoms with E-state index in [1.54, 1.807) is 0 Å². The van der Waals surface area contributed by atoms with Crippen LogP contribution < -0.4 is 5.73 Å². The van der Waals surface area contributed by atoms with Crippen LogP contribution in [0.25, 0.3) is 11.3 Å². The highest BCUT2D eigenvalue weighted by atomic mass is 16.5. The molecule has 0 atom stereocenters. The van der Waals surface area contributed by atoms with Crippen molar-refractivity contribution in [1.29, 1.82) is 0 Å². The first kappa shape index (κ1) is 12.3. The van der Waals surface area contributed by atoms with Crippen LogP contribution in [0.5, 0.6) is 0 Å². The average molecular weight is 256 g/mol. The van der Waals surface area contributed by atoms with E-state index in [1.807, 2.05) is 12.1 Å². The molecule has 100 valence electrons. The minimum absolute atomic E-state index is 0.446. The smallest absolute Gasteiger partial charge is 0.169 e. The summed E-state index contributed by atoms with van der Waals surface area (Å²) in [5, 5.41) is 3.79. The van der Waals surface area contributed by atoms with Gasteiger partial charge < -0.3 is 10.3 Å². The number of nitrogens with zero attached hydrogens (tertiary/aromatic N) is 1. The minimum atomic E-state index is 0.446. The Morgan fingerprint density at radius 2 is 1.89 bits per heavy atom. The molecule has 0 radical (unpaired) electrons. The van der Waals surface area contributed by atoms with Gasteiger partial charge in [0.05, 0.1) is 0 Å². The number of hydrogen-bond acceptors (Lipinski definition) is 3. The number of nitrogens with two attached hydrogens (primary N) is 1. The van der Waals surface area contributed by atoms with E-state index in [9.17, 15) is 0 Å². The summed E-state index contributed by atoms with van der Waals surface area (Å²) in [6.45, 7) is 2.35. The zero-order chi connectivity index (χ0) is 13.2. The molecule has 3 heteroatoms. The highest BCUT2D eigenvalue weighted by Crippen LogP contribution is 2.39. The molecule has 19 heavy (non-hydrogen) atoms. The van der Waals surface area contributed by atoms with Crippen LogP contribution >= 0.6 is 0 Å². The third-order valence-electron chi connectivity index (χ3n) is 4.21. The summed E-state index contributed by atoms with van der Waals surface area (Å²) in [6.07, 6.45) is 5.17. The fraction of sp³-hybridized carbons (Fsp3) is 0.438. The van der Waals surface area contributed by atoms with Crippen LogP contribution in [-0.4, -0.2) is 5.16 Å². The molecule has 1 aliphatic rings. The highest BCUT2D eigenvalue weighted by Gasteiger charge is 2.23. The van der Waals surface area contributed by atoms with Crippen molar-refractivity contribution in [3.8, 4) is 11.3 Å². The Kier molecular flexibility index (Phi) is 3.28. The molecule has 3 rings (SSSR count). The number of benzene rings is 1. The molecular weight excluding hydrogens is 236 g/mol. The van der Waals surface area contributed by atoms with Crippen molar-refractivity contribution < 1.29 is 4.52 Å². The summed E-state index contributed by atoms with van der Waals surface area (Å²) in [6, 6.07) is 10.3. The zero-order valence-electron chi connectivity index (χ0n) is 11.3. The molecule has 2 N–H and O–H groups in total. The normalized spacial score (nSPS) is 23.4. The van der Waals surface area contributed by atoms with Crippen molar-refractivity contribution in [2.45, 2.75) is 38.5 Å². The topological polar surface area (TPSA) is 52.0 Å². The summed E-state index contributed by atoms with van der Waals surface area (Å²) in [7, 11) is 0. The molecular formula is C16H20N2O. The Hall–Kier alpha value is -1.77. The van der Waals surface area contributed by atoms with E-state index in [4.69, 9.17) is 10.3 Å². The molecule has 0 saturated heterocycles. The second kappa shape index (κ2) is 5.08. The van der Waals surface area contributed by atoms with Crippen LogP contribution in [0.2, 0.25) is 0 Å². The Morgan fingerprint density at radius 3 is 2.58 bits per heavy atom. The lowest BCUT2D eigenvalue weighted by molar-refractivity contribution is 0.347. The largest absolute Gasteiger partial charge is 0.381 e. The van der Waals surface area contributed by atoms with E-state index in [0.717, 1.165) is 17.2 Å². The zero-order valence-corrected chi connectivity index (χ0v) is 11.3. The van der Waals surface area contributed by atoms with Crippen LogP contribution in [0.1, 0.15) is 44.1 Å². The molecule has 0 spiro atoms. The van der Waals surface area contributed by atoms with Gasteiger partial charge in [-0.1, -0.05) is 49.2 Å². The number of hydrogen-bond donors (Lipinski definition) is 1. The average Bonchev–Trinajstić information content (AvgIpc) is 2.86. The molecule has 0 amide bonds. The fourth-order valence-corrected chi connectivity index (χ4v) is 3.06. The van der Waals surface area contributed by atoms with Crippen LogP contribution in [0.4, 0.5) is 5.82 Å².